The molecule has 3 atom stereocenters. The number of rotatable bonds is 9. The average molecular weight is 1390 g/mol. The van der Waals surface area contributed by atoms with Crippen molar-refractivity contribution >= 4 is 50.8 Å². The summed E-state index contributed by atoms with van der Waals surface area (Å²) < 4.78 is 12.4. The molecular weight excluding hydrogens is 1280 g/mol. The molecular formula is C96H117ClO2Si2. The molecule has 0 bridgehead atoms. The van der Waals surface area contributed by atoms with Crippen LogP contribution in [0.4, 0.5) is 0 Å². The largest absolute Gasteiger partial charge is 0.496 e. The van der Waals surface area contributed by atoms with Gasteiger partial charge in [-0.05, 0) is 239 Å². The number of halogens is 1. The molecule has 528 valence electrons. The summed E-state index contributed by atoms with van der Waals surface area (Å²) >= 11 is 6.98. The SMILES string of the molecule is CC1=Cc2c(cc3c(c2-c2ccc(C(C)(C)C)cc2)CCC3)C1[Si](C)(C)Cl.COc1c(C(C)(C)C)cc2c(c1-c1cc(C)cc(C)c1)C=C(C)C2[Si](C)(C)C1C(C)=Cc2c1cc1c(c2-c2ccc(C(C)(C)C)cc2)CCC1.COc1c(C(C)(C)C)cc2c(c1-c1cc(C)cc(C)c1)CC(C)=C2. The Bertz CT molecular complexity index is 4710. The molecule has 0 heterocycles. The molecule has 0 radical (unpaired) electrons. The third-order valence-electron chi connectivity index (χ3n) is 23.3. The van der Waals surface area contributed by atoms with Gasteiger partial charge >= 0.3 is 0 Å². The Morgan fingerprint density at radius 3 is 1.14 bits per heavy atom. The maximum absolute atomic E-state index is 6.98. The summed E-state index contributed by atoms with van der Waals surface area (Å²) in [5.74, 6) is 2.07. The lowest BCUT2D eigenvalue weighted by atomic mass is 9.81. The topological polar surface area (TPSA) is 18.5 Å². The highest BCUT2D eigenvalue weighted by atomic mass is 35.6. The number of hydrogen-bond donors (Lipinski definition) is 0. The van der Waals surface area contributed by atoms with Gasteiger partial charge in [-0.3, -0.25) is 0 Å². The molecule has 0 spiro atoms. The van der Waals surface area contributed by atoms with Crippen molar-refractivity contribution in [3.63, 3.8) is 0 Å². The van der Waals surface area contributed by atoms with Crippen molar-refractivity contribution in [1.82, 2.24) is 0 Å². The fourth-order valence-electron chi connectivity index (χ4n) is 19.1. The van der Waals surface area contributed by atoms with Crippen LogP contribution < -0.4 is 9.47 Å². The lowest BCUT2D eigenvalue weighted by Gasteiger charge is -2.40. The van der Waals surface area contributed by atoms with Crippen molar-refractivity contribution in [2.75, 3.05) is 14.2 Å². The first-order chi connectivity index (χ1) is 47.2. The first kappa shape index (κ1) is 73.8. The molecule has 0 aromatic heterocycles. The smallest absolute Gasteiger partial charge is 0.161 e. The van der Waals surface area contributed by atoms with Crippen LogP contribution in [0.3, 0.4) is 0 Å². The molecule has 2 nitrogen and oxygen atoms in total. The maximum Gasteiger partial charge on any atom is 0.161 e. The summed E-state index contributed by atoms with van der Waals surface area (Å²) in [6.07, 6.45) is 18.2. The minimum atomic E-state index is -2.09. The van der Waals surface area contributed by atoms with E-state index < -0.39 is 15.5 Å². The molecule has 101 heavy (non-hydrogen) atoms. The zero-order chi connectivity index (χ0) is 73.3. The van der Waals surface area contributed by atoms with E-state index in [2.05, 4.69) is 298 Å². The van der Waals surface area contributed by atoms with Crippen LogP contribution in [0.15, 0.2) is 131 Å². The molecule has 5 heteroatoms. The fraction of sp³-hybridized carbons (Fsp3) is 0.417. The minimum absolute atomic E-state index is 0.0400. The third kappa shape index (κ3) is 14.0. The van der Waals surface area contributed by atoms with Gasteiger partial charge in [0.05, 0.1) is 22.3 Å². The summed E-state index contributed by atoms with van der Waals surface area (Å²) in [5, 5.41) is 0. The van der Waals surface area contributed by atoms with Crippen LogP contribution in [-0.4, -0.2) is 29.7 Å². The van der Waals surface area contributed by atoms with Gasteiger partial charge in [0.1, 0.15) is 11.5 Å². The van der Waals surface area contributed by atoms with Crippen LogP contribution in [0.2, 0.25) is 26.2 Å². The molecule has 3 unspecified atom stereocenters. The van der Waals surface area contributed by atoms with Gasteiger partial charge < -0.3 is 9.47 Å². The van der Waals surface area contributed by atoms with Crippen molar-refractivity contribution in [2.24, 2.45) is 0 Å². The summed E-state index contributed by atoms with van der Waals surface area (Å²) in [6.45, 7) is 55.6. The molecule has 8 aromatic carbocycles. The van der Waals surface area contributed by atoms with Gasteiger partial charge in [0.15, 0.2) is 7.38 Å². The minimum Gasteiger partial charge on any atom is -0.496 e. The number of ether oxygens (including phenoxy) is 2. The van der Waals surface area contributed by atoms with Crippen molar-refractivity contribution in [3.8, 4) is 56.0 Å². The molecule has 0 saturated heterocycles. The lowest BCUT2D eigenvalue weighted by Crippen LogP contribution is -2.42. The van der Waals surface area contributed by atoms with E-state index in [0.29, 0.717) is 16.6 Å². The number of methoxy groups -OCH3 is 2. The summed E-state index contributed by atoms with van der Waals surface area (Å²) in [5.41, 5.74) is 47.0. The van der Waals surface area contributed by atoms with Crippen LogP contribution in [-0.2, 0) is 53.8 Å². The Kier molecular flexibility index (Phi) is 19.7. The van der Waals surface area contributed by atoms with Crippen molar-refractivity contribution in [1.29, 1.82) is 0 Å². The van der Waals surface area contributed by atoms with Gasteiger partial charge in [0, 0.05) is 38.9 Å². The molecule has 8 aromatic rings. The number of fused-ring (bicyclic) bond motifs is 6. The van der Waals surface area contributed by atoms with Gasteiger partial charge in [-0.2, -0.15) is 11.1 Å². The third-order valence-corrected chi connectivity index (χ3v) is 30.6. The molecule has 0 aliphatic heterocycles. The zero-order valence-corrected chi connectivity index (χ0v) is 69.3. The van der Waals surface area contributed by atoms with Gasteiger partial charge in [-0.15, -0.1) is 0 Å². The molecule has 0 fully saturated rings. The van der Waals surface area contributed by atoms with Crippen molar-refractivity contribution in [2.45, 2.75) is 248 Å². The first-order valence-corrected chi connectivity index (χ1v) is 45.1. The molecule has 0 N–H and O–H groups in total. The number of benzene rings is 8. The second kappa shape index (κ2) is 26.9. The van der Waals surface area contributed by atoms with E-state index in [1.165, 1.54) is 183 Å². The monoisotopic (exact) mass is 1390 g/mol. The lowest BCUT2D eigenvalue weighted by molar-refractivity contribution is 0.398. The summed E-state index contributed by atoms with van der Waals surface area (Å²) in [6, 6.07) is 42.7. The highest BCUT2D eigenvalue weighted by molar-refractivity contribution is 7.20. The molecule has 0 saturated carbocycles. The fourth-order valence-corrected chi connectivity index (χ4v) is 27.1. The molecule has 6 aliphatic carbocycles. The Labute approximate surface area is 617 Å². The number of hydrogen-bond acceptors (Lipinski definition) is 2. The van der Waals surface area contributed by atoms with Crippen LogP contribution >= 0.6 is 11.1 Å². The maximum atomic E-state index is 6.98. The standard InChI is InChI=1S/C48H58OSi.C25H31ClSi.C23H28O/c1-28-21-29(2)23-34(22-28)43-38-25-31(4)46(40(38)27-41(44(43)49-11)48(8,9)10)50(12,13)45-30(3)24-37-39(45)26-33-15-14-16-36(33)42(37)32-17-19-35(20-18-32)47(5,6)7;1-16-14-21-22(24(16)27(5,6)26)15-18-8-7-9-20(18)23(21)17-10-12-19(13-11-17)25(2,3)4;1-14-8-15(2)11-18(10-14)21-19-12-16(3)9-17(19)13-20(22(21)24-7)23(4,5)6/h17-27,45-46H,14-16H2,1-13H3;10-15,24H,7-9H2,1-6H3;8-11,13H,12H2,1-7H3. The average Bonchev–Trinajstić information content (AvgIpc) is 1.61. The van der Waals surface area contributed by atoms with Gasteiger partial charge in [-0.25, -0.2) is 0 Å². The van der Waals surface area contributed by atoms with Crippen molar-refractivity contribution < 1.29 is 9.47 Å². The van der Waals surface area contributed by atoms with Crippen LogP contribution in [0, 0.1) is 27.7 Å². The number of aryl methyl sites for hydroxylation is 6. The van der Waals surface area contributed by atoms with E-state index in [1.807, 2.05) is 7.11 Å². The van der Waals surface area contributed by atoms with Gasteiger partial charge in [0.25, 0.3) is 0 Å². The van der Waals surface area contributed by atoms with Gasteiger partial charge in [0.2, 0.25) is 0 Å². The summed E-state index contributed by atoms with van der Waals surface area (Å²) in [4.78, 5) is 0. The second-order valence-electron chi connectivity index (χ2n) is 36.7. The second-order valence-corrected chi connectivity index (χ2v) is 48.1. The van der Waals surface area contributed by atoms with Gasteiger partial charge in [-0.1, -0.05) is 281 Å². The Morgan fingerprint density at radius 1 is 0.376 bits per heavy atom. The predicted octanol–water partition coefficient (Wildman–Crippen LogP) is 27.1. The zero-order valence-electron chi connectivity index (χ0n) is 66.6. The Balaban J connectivity index is 0.000000159. The molecule has 6 aliphatic rings. The van der Waals surface area contributed by atoms with E-state index in [0.717, 1.165) is 17.9 Å². The Hall–Kier alpha value is -6.96. The van der Waals surface area contributed by atoms with E-state index in [-0.39, 0.29) is 21.7 Å². The normalized spacial score (nSPS) is 17.5. The van der Waals surface area contributed by atoms with E-state index in [1.54, 1.807) is 40.5 Å². The van der Waals surface area contributed by atoms with E-state index >= 15 is 0 Å². The van der Waals surface area contributed by atoms with E-state index in [9.17, 15) is 0 Å². The number of allylic oxidation sites excluding steroid dienone is 4. The Morgan fingerprint density at radius 2 is 0.743 bits per heavy atom. The van der Waals surface area contributed by atoms with Crippen molar-refractivity contribution in [3.05, 3.63) is 243 Å². The van der Waals surface area contributed by atoms with Crippen LogP contribution in [0.5, 0.6) is 11.5 Å². The predicted molar refractivity (Wildman–Crippen MR) is 446 cm³/mol. The first-order valence-electron chi connectivity index (χ1n) is 37.9. The van der Waals surface area contributed by atoms with Crippen LogP contribution in [0.1, 0.15) is 252 Å². The quantitative estimate of drug-likeness (QED) is 0.106. The van der Waals surface area contributed by atoms with Crippen LogP contribution in [0.25, 0.3) is 68.8 Å². The summed E-state index contributed by atoms with van der Waals surface area (Å²) in [7, 11) is -0.248. The van der Waals surface area contributed by atoms with E-state index in [4.69, 9.17) is 20.6 Å². The highest BCUT2D eigenvalue weighted by Crippen LogP contribution is 2.59. The molecule has 14 rings (SSSR count). The highest BCUT2D eigenvalue weighted by Gasteiger charge is 2.49. The molecule has 0 amide bonds.